The van der Waals surface area contributed by atoms with Crippen LogP contribution in [0.5, 0.6) is 0 Å². The van der Waals surface area contributed by atoms with Gasteiger partial charge < -0.3 is 5.73 Å². The molecule has 0 aliphatic heterocycles. The van der Waals surface area contributed by atoms with Crippen LogP contribution in [-0.4, -0.2) is 0 Å². The molecule has 0 radical (unpaired) electrons. The van der Waals surface area contributed by atoms with Gasteiger partial charge in [-0.3, -0.25) is 0 Å². The van der Waals surface area contributed by atoms with E-state index in [0.29, 0.717) is 5.56 Å². The number of rotatable bonds is 1. The molecule has 1 aromatic rings. The standard InChI is InChI=1S/C9H10BrF2N/c1-9(2,13)5-3-6(10)8(12)4-7(5)11/h3-4H,13H2,1-2H3. The van der Waals surface area contributed by atoms with Crippen molar-refractivity contribution in [2.24, 2.45) is 5.73 Å². The first-order valence-corrected chi connectivity index (χ1v) is 4.55. The van der Waals surface area contributed by atoms with E-state index in [1.807, 2.05) is 0 Å². The van der Waals surface area contributed by atoms with Gasteiger partial charge in [-0.2, -0.15) is 0 Å². The molecule has 1 aromatic carbocycles. The van der Waals surface area contributed by atoms with Gasteiger partial charge in [0, 0.05) is 17.2 Å². The highest BCUT2D eigenvalue weighted by Gasteiger charge is 2.20. The van der Waals surface area contributed by atoms with E-state index in [4.69, 9.17) is 5.73 Å². The first kappa shape index (κ1) is 10.6. The van der Waals surface area contributed by atoms with Crippen molar-refractivity contribution in [1.82, 2.24) is 0 Å². The summed E-state index contributed by atoms with van der Waals surface area (Å²) in [6.07, 6.45) is 0. The SMILES string of the molecule is CC(C)(N)c1cc(Br)c(F)cc1F. The third-order valence-electron chi connectivity index (χ3n) is 1.70. The summed E-state index contributed by atoms with van der Waals surface area (Å²) in [5.74, 6) is -1.24. The molecule has 0 aliphatic rings. The Morgan fingerprint density at radius 1 is 1.23 bits per heavy atom. The average molecular weight is 250 g/mol. The maximum Gasteiger partial charge on any atom is 0.140 e. The molecular formula is C9H10BrF2N. The molecule has 0 unspecified atom stereocenters. The summed E-state index contributed by atoms with van der Waals surface area (Å²) in [5.41, 5.74) is 5.18. The van der Waals surface area contributed by atoms with E-state index >= 15 is 0 Å². The summed E-state index contributed by atoms with van der Waals surface area (Å²) in [7, 11) is 0. The van der Waals surface area contributed by atoms with Crippen LogP contribution in [0.3, 0.4) is 0 Å². The largest absolute Gasteiger partial charge is 0.322 e. The van der Waals surface area contributed by atoms with Crippen LogP contribution in [-0.2, 0) is 5.54 Å². The summed E-state index contributed by atoms with van der Waals surface area (Å²) in [4.78, 5) is 0. The number of nitrogens with two attached hydrogens (primary N) is 1. The zero-order valence-electron chi connectivity index (χ0n) is 7.37. The summed E-state index contributed by atoms with van der Waals surface area (Å²) >= 11 is 2.98. The van der Waals surface area contributed by atoms with Gasteiger partial charge in [0.2, 0.25) is 0 Å². The highest BCUT2D eigenvalue weighted by Crippen LogP contribution is 2.26. The number of halogens is 3. The molecule has 4 heteroatoms. The maximum atomic E-state index is 13.2. The van der Waals surface area contributed by atoms with Crippen LogP contribution in [0.4, 0.5) is 8.78 Å². The van der Waals surface area contributed by atoms with Crippen molar-refractivity contribution in [3.8, 4) is 0 Å². The molecule has 0 aliphatic carbocycles. The van der Waals surface area contributed by atoms with E-state index in [0.717, 1.165) is 6.07 Å². The Hall–Kier alpha value is -0.480. The van der Waals surface area contributed by atoms with Gasteiger partial charge in [0.1, 0.15) is 11.6 Å². The zero-order valence-corrected chi connectivity index (χ0v) is 8.95. The summed E-state index contributed by atoms with van der Waals surface area (Å²) in [6.45, 7) is 3.32. The molecule has 72 valence electrons. The van der Waals surface area contributed by atoms with Gasteiger partial charge in [0.15, 0.2) is 0 Å². The van der Waals surface area contributed by atoms with Crippen LogP contribution < -0.4 is 5.73 Å². The van der Waals surface area contributed by atoms with Gasteiger partial charge in [-0.05, 0) is 35.8 Å². The van der Waals surface area contributed by atoms with E-state index in [-0.39, 0.29) is 4.47 Å². The topological polar surface area (TPSA) is 26.0 Å². The Morgan fingerprint density at radius 3 is 2.23 bits per heavy atom. The van der Waals surface area contributed by atoms with Crippen LogP contribution in [0.15, 0.2) is 16.6 Å². The number of hydrogen-bond donors (Lipinski definition) is 1. The minimum Gasteiger partial charge on any atom is -0.322 e. The Kier molecular flexibility index (Phi) is 2.73. The molecule has 0 saturated carbocycles. The van der Waals surface area contributed by atoms with Gasteiger partial charge >= 0.3 is 0 Å². The molecule has 0 amide bonds. The lowest BCUT2D eigenvalue weighted by Gasteiger charge is -2.20. The molecule has 13 heavy (non-hydrogen) atoms. The second kappa shape index (κ2) is 3.35. The first-order chi connectivity index (χ1) is 5.82. The van der Waals surface area contributed by atoms with Gasteiger partial charge in [0.05, 0.1) is 4.47 Å². The summed E-state index contributed by atoms with van der Waals surface area (Å²) in [6, 6.07) is 2.19. The maximum absolute atomic E-state index is 13.2. The van der Waals surface area contributed by atoms with E-state index in [1.165, 1.54) is 6.07 Å². The van der Waals surface area contributed by atoms with Crippen LogP contribution in [0.1, 0.15) is 19.4 Å². The number of hydrogen-bond acceptors (Lipinski definition) is 1. The minimum atomic E-state index is -0.805. The number of benzene rings is 1. The molecule has 0 atom stereocenters. The normalized spacial score (nSPS) is 11.8. The lowest BCUT2D eigenvalue weighted by molar-refractivity contribution is 0.491. The smallest absolute Gasteiger partial charge is 0.140 e. The molecule has 0 fully saturated rings. The predicted molar refractivity (Wildman–Crippen MR) is 51.3 cm³/mol. The van der Waals surface area contributed by atoms with Crippen LogP contribution in [0.25, 0.3) is 0 Å². The molecule has 0 spiro atoms. The summed E-state index contributed by atoms with van der Waals surface area (Å²) < 4.78 is 26.2. The van der Waals surface area contributed by atoms with E-state index in [2.05, 4.69) is 15.9 Å². The molecule has 0 saturated heterocycles. The van der Waals surface area contributed by atoms with E-state index < -0.39 is 17.2 Å². The molecule has 0 aromatic heterocycles. The fraction of sp³-hybridized carbons (Fsp3) is 0.333. The monoisotopic (exact) mass is 249 g/mol. The van der Waals surface area contributed by atoms with Crippen molar-refractivity contribution in [3.05, 3.63) is 33.8 Å². The molecule has 0 heterocycles. The van der Waals surface area contributed by atoms with Crippen molar-refractivity contribution in [2.45, 2.75) is 19.4 Å². The Morgan fingerprint density at radius 2 is 1.77 bits per heavy atom. The Bertz CT molecular complexity index is 331. The van der Waals surface area contributed by atoms with Crippen molar-refractivity contribution in [2.75, 3.05) is 0 Å². The van der Waals surface area contributed by atoms with Gasteiger partial charge in [-0.25, -0.2) is 8.78 Å². The second-order valence-electron chi connectivity index (χ2n) is 3.47. The summed E-state index contributed by atoms with van der Waals surface area (Å²) in [5, 5.41) is 0. The molecule has 0 bridgehead atoms. The molecule has 2 N–H and O–H groups in total. The van der Waals surface area contributed by atoms with Crippen molar-refractivity contribution >= 4 is 15.9 Å². The lowest BCUT2D eigenvalue weighted by Crippen LogP contribution is -2.30. The lowest BCUT2D eigenvalue weighted by atomic mass is 9.95. The Labute approximate surface area is 84.1 Å². The zero-order chi connectivity index (χ0) is 10.2. The minimum absolute atomic E-state index is 0.224. The third kappa shape index (κ3) is 2.25. The average Bonchev–Trinajstić information content (AvgIpc) is 1.94. The fourth-order valence-corrected chi connectivity index (χ4v) is 1.36. The van der Waals surface area contributed by atoms with Crippen molar-refractivity contribution < 1.29 is 8.78 Å². The highest BCUT2D eigenvalue weighted by atomic mass is 79.9. The Balaban J connectivity index is 3.32. The van der Waals surface area contributed by atoms with Crippen LogP contribution >= 0.6 is 15.9 Å². The second-order valence-corrected chi connectivity index (χ2v) is 4.32. The van der Waals surface area contributed by atoms with Gasteiger partial charge in [0.25, 0.3) is 0 Å². The molecular weight excluding hydrogens is 240 g/mol. The van der Waals surface area contributed by atoms with E-state index in [1.54, 1.807) is 13.8 Å². The molecule has 1 nitrogen and oxygen atoms in total. The van der Waals surface area contributed by atoms with Crippen LogP contribution in [0, 0.1) is 11.6 Å². The van der Waals surface area contributed by atoms with Gasteiger partial charge in [-0.1, -0.05) is 0 Å². The van der Waals surface area contributed by atoms with Crippen molar-refractivity contribution in [3.63, 3.8) is 0 Å². The third-order valence-corrected chi connectivity index (χ3v) is 2.31. The first-order valence-electron chi connectivity index (χ1n) is 3.76. The molecule has 1 rings (SSSR count). The highest BCUT2D eigenvalue weighted by molar-refractivity contribution is 9.10. The van der Waals surface area contributed by atoms with E-state index in [9.17, 15) is 8.78 Å². The van der Waals surface area contributed by atoms with Crippen molar-refractivity contribution in [1.29, 1.82) is 0 Å². The predicted octanol–water partition coefficient (Wildman–Crippen LogP) is 2.92. The fourth-order valence-electron chi connectivity index (χ4n) is 1.02. The van der Waals surface area contributed by atoms with Gasteiger partial charge in [-0.15, -0.1) is 0 Å². The van der Waals surface area contributed by atoms with Crippen LogP contribution in [0.2, 0.25) is 0 Å². The quantitative estimate of drug-likeness (QED) is 0.762.